The number of nitrogen functional groups attached to an aromatic ring is 1. The van der Waals surface area contributed by atoms with E-state index < -0.39 is 5.91 Å². The molecule has 0 fully saturated rings. The van der Waals surface area contributed by atoms with E-state index in [1.807, 2.05) is 5.43 Å². The zero-order chi connectivity index (χ0) is 9.84. The molecule has 3 N–H and O–H groups in total. The molecule has 13 heavy (non-hydrogen) atoms. The molecule has 5 heteroatoms. The summed E-state index contributed by atoms with van der Waals surface area (Å²) < 4.78 is 4.92. The van der Waals surface area contributed by atoms with Gasteiger partial charge in [0.2, 0.25) is 5.88 Å². The van der Waals surface area contributed by atoms with Crippen LogP contribution < -0.4 is 16.0 Å². The highest BCUT2D eigenvalue weighted by molar-refractivity contribution is 5.97. The van der Waals surface area contributed by atoms with Crippen molar-refractivity contribution in [2.75, 3.05) is 7.11 Å². The molecule has 0 bridgehead atoms. The van der Waals surface area contributed by atoms with Gasteiger partial charge >= 0.3 is 0 Å². The molecule has 1 aromatic rings. The summed E-state index contributed by atoms with van der Waals surface area (Å²) in [7, 11) is 1.45. The maximum absolute atomic E-state index is 11.3. The number of ether oxygens (including phenoxy) is 1. The minimum atomic E-state index is -0.401. The highest BCUT2D eigenvalue weighted by Gasteiger charge is 2.14. The van der Waals surface area contributed by atoms with Crippen molar-refractivity contribution in [2.45, 2.75) is 6.92 Å². The molecule has 1 rings (SSSR count). The van der Waals surface area contributed by atoms with Gasteiger partial charge in [-0.25, -0.2) is 10.8 Å². The number of rotatable bonds is 2. The normalized spacial score (nSPS) is 9.46. The van der Waals surface area contributed by atoms with Gasteiger partial charge in [-0.05, 0) is 18.6 Å². The van der Waals surface area contributed by atoms with E-state index in [4.69, 9.17) is 10.6 Å². The van der Waals surface area contributed by atoms with E-state index in [-0.39, 0.29) is 5.88 Å². The molecule has 0 saturated heterocycles. The number of nitrogens with one attached hydrogen (secondary N) is 1. The first-order valence-corrected chi connectivity index (χ1v) is 3.71. The molecular weight excluding hydrogens is 170 g/mol. The Hall–Kier alpha value is -1.62. The fraction of sp³-hybridized carbons (Fsp3) is 0.250. The molecule has 0 saturated carbocycles. The average molecular weight is 181 g/mol. The van der Waals surface area contributed by atoms with Crippen molar-refractivity contribution in [3.05, 3.63) is 23.4 Å². The van der Waals surface area contributed by atoms with Crippen molar-refractivity contribution in [1.82, 2.24) is 10.4 Å². The van der Waals surface area contributed by atoms with E-state index >= 15 is 0 Å². The molecule has 70 valence electrons. The molecule has 1 heterocycles. The lowest BCUT2D eigenvalue weighted by Gasteiger charge is -2.07. The van der Waals surface area contributed by atoms with Crippen LogP contribution in [-0.2, 0) is 0 Å². The molecule has 0 aliphatic rings. The molecule has 0 aliphatic heterocycles. The Bertz CT molecular complexity index is 325. The average Bonchev–Trinajstić information content (AvgIpc) is 2.16. The van der Waals surface area contributed by atoms with E-state index in [1.54, 1.807) is 19.2 Å². The number of methoxy groups -OCH3 is 1. The van der Waals surface area contributed by atoms with Crippen LogP contribution >= 0.6 is 0 Å². The Morgan fingerprint density at radius 1 is 1.69 bits per heavy atom. The van der Waals surface area contributed by atoms with Crippen LogP contribution in [-0.4, -0.2) is 18.0 Å². The van der Waals surface area contributed by atoms with Crippen LogP contribution in [0.5, 0.6) is 5.88 Å². The predicted octanol–water partition coefficient (Wildman–Crippen LogP) is 0.00212. The van der Waals surface area contributed by atoms with Gasteiger partial charge in [-0.2, -0.15) is 0 Å². The molecule has 0 radical (unpaired) electrons. The Morgan fingerprint density at radius 2 is 2.38 bits per heavy atom. The van der Waals surface area contributed by atoms with Gasteiger partial charge in [-0.1, -0.05) is 0 Å². The molecule has 1 aromatic heterocycles. The quantitative estimate of drug-likeness (QED) is 0.382. The van der Waals surface area contributed by atoms with Gasteiger partial charge in [0.1, 0.15) is 5.56 Å². The van der Waals surface area contributed by atoms with Gasteiger partial charge in [0.05, 0.1) is 7.11 Å². The number of hydrogen-bond donors (Lipinski definition) is 2. The largest absolute Gasteiger partial charge is 0.480 e. The van der Waals surface area contributed by atoms with Crippen LogP contribution in [0.4, 0.5) is 0 Å². The van der Waals surface area contributed by atoms with Crippen LogP contribution in [0.2, 0.25) is 0 Å². The third-order valence-corrected chi connectivity index (χ3v) is 1.68. The van der Waals surface area contributed by atoms with Crippen LogP contribution in [0.3, 0.4) is 0 Å². The zero-order valence-electron chi connectivity index (χ0n) is 7.50. The predicted molar refractivity (Wildman–Crippen MR) is 47.2 cm³/mol. The molecule has 0 aromatic carbocycles. The van der Waals surface area contributed by atoms with Crippen molar-refractivity contribution in [3.63, 3.8) is 0 Å². The first kappa shape index (κ1) is 9.47. The summed E-state index contributed by atoms with van der Waals surface area (Å²) in [5, 5.41) is 0. The highest BCUT2D eigenvalue weighted by atomic mass is 16.5. The van der Waals surface area contributed by atoms with Gasteiger partial charge in [0.25, 0.3) is 5.91 Å². The smallest absolute Gasteiger partial charge is 0.270 e. The van der Waals surface area contributed by atoms with Crippen LogP contribution in [0.25, 0.3) is 0 Å². The standard InChI is InChI=1S/C8H11N3O2/c1-5-3-4-10-8(13-2)6(5)7(12)11-9/h3-4H,9H2,1-2H3,(H,11,12). The number of carbonyl (C=O) groups is 1. The maximum Gasteiger partial charge on any atom is 0.270 e. The first-order chi connectivity index (χ1) is 6.20. The van der Waals surface area contributed by atoms with Crippen LogP contribution in [0, 0.1) is 6.92 Å². The molecule has 0 atom stereocenters. The number of aromatic nitrogens is 1. The third kappa shape index (κ3) is 1.75. The van der Waals surface area contributed by atoms with E-state index in [1.165, 1.54) is 7.11 Å². The summed E-state index contributed by atoms with van der Waals surface area (Å²) in [4.78, 5) is 15.1. The molecule has 0 spiro atoms. The topological polar surface area (TPSA) is 77.2 Å². The minimum absolute atomic E-state index is 0.281. The summed E-state index contributed by atoms with van der Waals surface area (Å²) in [6, 6.07) is 1.72. The SMILES string of the molecule is COc1nccc(C)c1C(=O)NN. The fourth-order valence-electron chi connectivity index (χ4n) is 1.04. The lowest BCUT2D eigenvalue weighted by molar-refractivity contribution is 0.0949. The Kier molecular flexibility index (Phi) is 2.81. The summed E-state index contributed by atoms with van der Waals surface area (Å²) in [5.74, 6) is 4.89. The Morgan fingerprint density at radius 3 is 2.92 bits per heavy atom. The lowest BCUT2D eigenvalue weighted by atomic mass is 10.1. The van der Waals surface area contributed by atoms with E-state index in [0.717, 1.165) is 5.56 Å². The van der Waals surface area contributed by atoms with Gasteiger partial charge in [-0.15, -0.1) is 0 Å². The number of hydrogen-bond acceptors (Lipinski definition) is 4. The highest BCUT2D eigenvalue weighted by Crippen LogP contribution is 2.17. The summed E-state index contributed by atoms with van der Waals surface area (Å²) in [6.07, 6.45) is 1.57. The lowest BCUT2D eigenvalue weighted by Crippen LogP contribution is -2.31. The van der Waals surface area contributed by atoms with Gasteiger partial charge < -0.3 is 4.74 Å². The van der Waals surface area contributed by atoms with Gasteiger partial charge in [0, 0.05) is 6.20 Å². The van der Waals surface area contributed by atoms with Crippen molar-refractivity contribution in [2.24, 2.45) is 5.84 Å². The maximum atomic E-state index is 11.3. The van der Waals surface area contributed by atoms with Crippen molar-refractivity contribution >= 4 is 5.91 Å². The fourth-order valence-corrected chi connectivity index (χ4v) is 1.04. The molecule has 5 nitrogen and oxygen atoms in total. The number of carbonyl (C=O) groups excluding carboxylic acids is 1. The number of nitrogens with two attached hydrogens (primary N) is 1. The van der Waals surface area contributed by atoms with E-state index in [2.05, 4.69) is 4.98 Å². The number of pyridine rings is 1. The second-order valence-corrected chi connectivity index (χ2v) is 2.49. The second-order valence-electron chi connectivity index (χ2n) is 2.49. The summed E-state index contributed by atoms with van der Waals surface area (Å²) >= 11 is 0. The van der Waals surface area contributed by atoms with Crippen LogP contribution in [0.15, 0.2) is 12.3 Å². The molecule has 0 unspecified atom stereocenters. The third-order valence-electron chi connectivity index (χ3n) is 1.68. The van der Waals surface area contributed by atoms with Gasteiger partial charge in [-0.3, -0.25) is 10.2 Å². The minimum Gasteiger partial charge on any atom is -0.480 e. The zero-order valence-corrected chi connectivity index (χ0v) is 7.50. The second kappa shape index (κ2) is 3.86. The Labute approximate surface area is 75.9 Å². The molecular formula is C8H11N3O2. The number of nitrogens with zero attached hydrogens (tertiary/aromatic N) is 1. The van der Waals surface area contributed by atoms with E-state index in [0.29, 0.717) is 5.56 Å². The monoisotopic (exact) mass is 181 g/mol. The van der Waals surface area contributed by atoms with E-state index in [9.17, 15) is 4.79 Å². The number of amides is 1. The summed E-state index contributed by atoms with van der Waals surface area (Å²) in [6.45, 7) is 1.79. The number of hydrazine groups is 1. The molecule has 1 amide bonds. The van der Waals surface area contributed by atoms with Crippen molar-refractivity contribution in [1.29, 1.82) is 0 Å². The first-order valence-electron chi connectivity index (χ1n) is 3.71. The Balaban J connectivity index is 3.22. The van der Waals surface area contributed by atoms with Crippen molar-refractivity contribution < 1.29 is 9.53 Å². The summed E-state index contributed by atoms with van der Waals surface area (Å²) in [5.41, 5.74) is 3.18. The van der Waals surface area contributed by atoms with Gasteiger partial charge in [0.15, 0.2) is 0 Å². The molecule has 0 aliphatic carbocycles. The van der Waals surface area contributed by atoms with Crippen molar-refractivity contribution in [3.8, 4) is 5.88 Å². The number of aryl methyl sites for hydroxylation is 1. The van der Waals surface area contributed by atoms with Crippen LogP contribution in [0.1, 0.15) is 15.9 Å².